The van der Waals surface area contributed by atoms with E-state index in [1.165, 1.54) is 6.07 Å². The molecule has 0 aliphatic carbocycles. The van der Waals surface area contributed by atoms with Crippen molar-refractivity contribution in [1.82, 2.24) is 4.72 Å². The monoisotopic (exact) mass is 304 g/mol. The summed E-state index contributed by atoms with van der Waals surface area (Å²) in [5.74, 6) is 0. The first-order chi connectivity index (χ1) is 9.94. The van der Waals surface area contributed by atoms with Crippen LogP contribution in [0.5, 0.6) is 0 Å². The third-order valence-electron chi connectivity index (χ3n) is 3.51. The van der Waals surface area contributed by atoms with Crippen LogP contribution in [0.2, 0.25) is 0 Å². The summed E-state index contributed by atoms with van der Waals surface area (Å²) in [5.41, 5.74) is 9.25. The van der Waals surface area contributed by atoms with E-state index in [9.17, 15) is 8.42 Å². The van der Waals surface area contributed by atoms with E-state index in [0.717, 1.165) is 23.1 Å². The van der Waals surface area contributed by atoms with Crippen LogP contribution in [0.4, 0.5) is 5.69 Å². The fourth-order valence-electron chi connectivity index (χ4n) is 2.12. The largest absolute Gasteiger partial charge is 0.398 e. The number of anilines is 1. The first kappa shape index (κ1) is 15.5. The molecule has 2 aromatic rings. The van der Waals surface area contributed by atoms with E-state index in [2.05, 4.69) is 4.72 Å². The van der Waals surface area contributed by atoms with E-state index in [1.807, 2.05) is 38.1 Å². The second-order valence-corrected chi connectivity index (χ2v) is 6.73. The van der Waals surface area contributed by atoms with Gasteiger partial charge in [0, 0.05) is 12.2 Å². The average Bonchev–Trinajstić information content (AvgIpc) is 2.48. The number of nitrogen functional groups attached to an aromatic ring is 1. The van der Waals surface area contributed by atoms with Crippen LogP contribution in [0.3, 0.4) is 0 Å². The molecule has 4 nitrogen and oxygen atoms in total. The highest BCUT2D eigenvalue weighted by atomic mass is 32.2. The van der Waals surface area contributed by atoms with Gasteiger partial charge in [0.05, 0.1) is 4.90 Å². The zero-order valence-electron chi connectivity index (χ0n) is 12.3. The number of hydrogen-bond acceptors (Lipinski definition) is 3. The van der Waals surface area contributed by atoms with Crippen molar-refractivity contribution in [3.8, 4) is 0 Å². The van der Waals surface area contributed by atoms with E-state index in [1.54, 1.807) is 12.1 Å². The summed E-state index contributed by atoms with van der Waals surface area (Å²) in [4.78, 5) is 0.194. The van der Waals surface area contributed by atoms with E-state index < -0.39 is 10.0 Å². The van der Waals surface area contributed by atoms with Crippen molar-refractivity contribution in [1.29, 1.82) is 0 Å². The second kappa shape index (κ2) is 6.28. The van der Waals surface area contributed by atoms with E-state index >= 15 is 0 Å². The van der Waals surface area contributed by atoms with Gasteiger partial charge < -0.3 is 5.73 Å². The number of sulfonamides is 1. The third-order valence-corrected chi connectivity index (χ3v) is 4.91. The van der Waals surface area contributed by atoms with Crippen LogP contribution in [-0.4, -0.2) is 8.42 Å². The van der Waals surface area contributed by atoms with Crippen molar-refractivity contribution in [2.75, 3.05) is 5.73 Å². The molecule has 0 saturated carbocycles. The van der Waals surface area contributed by atoms with Gasteiger partial charge in [-0.15, -0.1) is 0 Å². The van der Waals surface area contributed by atoms with Crippen LogP contribution in [0.25, 0.3) is 0 Å². The fourth-order valence-corrected chi connectivity index (χ4v) is 3.16. The van der Waals surface area contributed by atoms with Crippen molar-refractivity contribution < 1.29 is 8.42 Å². The Kier molecular flexibility index (Phi) is 4.65. The van der Waals surface area contributed by atoms with Crippen LogP contribution in [-0.2, 0) is 23.0 Å². The van der Waals surface area contributed by atoms with Crippen molar-refractivity contribution in [2.24, 2.45) is 0 Å². The molecule has 0 radical (unpaired) electrons. The number of rotatable bonds is 5. The minimum absolute atomic E-state index is 0.194. The number of nitrogens with one attached hydrogen (secondary N) is 1. The van der Waals surface area contributed by atoms with Crippen LogP contribution in [0.15, 0.2) is 47.4 Å². The highest BCUT2D eigenvalue weighted by Gasteiger charge is 2.15. The van der Waals surface area contributed by atoms with Crippen molar-refractivity contribution in [3.05, 3.63) is 59.2 Å². The number of aryl methyl sites for hydroxylation is 2. The summed E-state index contributed by atoms with van der Waals surface area (Å²) in [5, 5.41) is 0. The van der Waals surface area contributed by atoms with Gasteiger partial charge >= 0.3 is 0 Å². The Morgan fingerprint density at radius 1 is 1.10 bits per heavy atom. The minimum atomic E-state index is -3.55. The molecule has 21 heavy (non-hydrogen) atoms. The lowest BCUT2D eigenvalue weighted by Gasteiger charge is -2.11. The Balaban J connectivity index is 2.20. The SMILES string of the molecule is CCc1ccccc1CNS(=O)(=O)c1ccc(C)c(N)c1. The molecule has 0 aliphatic heterocycles. The summed E-state index contributed by atoms with van der Waals surface area (Å²) in [6, 6.07) is 12.6. The van der Waals surface area contributed by atoms with Gasteiger partial charge in [-0.1, -0.05) is 37.3 Å². The van der Waals surface area contributed by atoms with Crippen molar-refractivity contribution >= 4 is 15.7 Å². The molecule has 2 rings (SSSR count). The second-order valence-electron chi connectivity index (χ2n) is 4.97. The Bertz CT molecular complexity index is 740. The molecule has 0 atom stereocenters. The summed E-state index contributed by atoms with van der Waals surface area (Å²) in [6.07, 6.45) is 0.870. The molecular formula is C16H20N2O2S. The molecule has 0 heterocycles. The molecule has 0 unspecified atom stereocenters. The minimum Gasteiger partial charge on any atom is -0.398 e. The maximum Gasteiger partial charge on any atom is 0.240 e. The molecule has 0 fully saturated rings. The Labute approximate surface area is 126 Å². The van der Waals surface area contributed by atoms with Crippen molar-refractivity contribution in [3.63, 3.8) is 0 Å². The molecule has 0 aromatic heterocycles. The van der Waals surface area contributed by atoms with Gasteiger partial charge in [-0.2, -0.15) is 0 Å². The van der Waals surface area contributed by atoms with Gasteiger partial charge in [0.2, 0.25) is 10.0 Å². The smallest absolute Gasteiger partial charge is 0.240 e. The fraction of sp³-hybridized carbons (Fsp3) is 0.250. The topological polar surface area (TPSA) is 72.2 Å². The van der Waals surface area contributed by atoms with E-state index in [4.69, 9.17) is 5.73 Å². The normalized spacial score (nSPS) is 11.5. The summed E-state index contributed by atoms with van der Waals surface area (Å²) in [7, 11) is -3.55. The van der Waals surface area contributed by atoms with Crippen LogP contribution in [0, 0.1) is 6.92 Å². The predicted molar refractivity (Wildman–Crippen MR) is 85.4 cm³/mol. The van der Waals surface area contributed by atoms with Crippen LogP contribution in [0.1, 0.15) is 23.6 Å². The maximum absolute atomic E-state index is 12.3. The quantitative estimate of drug-likeness (QED) is 0.834. The molecule has 5 heteroatoms. The zero-order valence-corrected chi connectivity index (χ0v) is 13.1. The van der Waals surface area contributed by atoms with E-state index in [-0.39, 0.29) is 11.4 Å². The van der Waals surface area contributed by atoms with Gasteiger partial charge in [-0.3, -0.25) is 0 Å². The van der Waals surface area contributed by atoms with E-state index in [0.29, 0.717) is 5.69 Å². The standard InChI is InChI=1S/C16H20N2O2S/c1-3-13-6-4-5-7-14(13)11-18-21(19,20)15-9-8-12(2)16(17)10-15/h4-10,18H,3,11,17H2,1-2H3. The predicted octanol–water partition coefficient (Wildman–Crippen LogP) is 2.62. The lowest BCUT2D eigenvalue weighted by atomic mass is 10.1. The molecule has 0 saturated heterocycles. The zero-order chi connectivity index (χ0) is 15.5. The summed E-state index contributed by atoms with van der Waals surface area (Å²) < 4.78 is 27.2. The third kappa shape index (κ3) is 3.62. The Morgan fingerprint density at radius 2 is 1.76 bits per heavy atom. The van der Waals surface area contributed by atoms with Crippen molar-refractivity contribution in [2.45, 2.75) is 31.7 Å². The molecule has 112 valence electrons. The molecule has 0 bridgehead atoms. The first-order valence-corrected chi connectivity index (χ1v) is 8.35. The number of nitrogens with two attached hydrogens (primary N) is 1. The number of hydrogen-bond donors (Lipinski definition) is 2. The maximum atomic E-state index is 12.3. The van der Waals surface area contributed by atoms with Gasteiger partial charge in [0.25, 0.3) is 0 Å². The number of benzene rings is 2. The van der Waals surface area contributed by atoms with Gasteiger partial charge in [-0.25, -0.2) is 13.1 Å². The van der Waals surface area contributed by atoms with Gasteiger partial charge in [-0.05, 0) is 42.2 Å². The first-order valence-electron chi connectivity index (χ1n) is 6.86. The molecule has 3 N–H and O–H groups in total. The highest BCUT2D eigenvalue weighted by Crippen LogP contribution is 2.18. The lowest BCUT2D eigenvalue weighted by molar-refractivity contribution is 0.581. The Hall–Kier alpha value is -1.85. The van der Waals surface area contributed by atoms with Crippen LogP contribution < -0.4 is 10.5 Å². The average molecular weight is 304 g/mol. The molecular weight excluding hydrogens is 284 g/mol. The highest BCUT2D eigenvalue weighted by molar-refractivity contribution is 7.89. The van der Waals surface area contributed by atoms with Crippen LogP contribution >= 0.6 is 0 Å². The summed E-state index contributed by atoms with van der Waals surface area (Å²) >= 11 is 0. The molecule has 0 spiro atoms. The molecule has 2 aromatic carbocycles. The summed E-state index contributed by atoms with van der Waals surface area (Å²) in [6.45, 7) is 4.17. The Morgan fingerprint density at radius 3 is 2.38 bits per heavy atom. The molecule has 0 aliphatic rings. The lowest BCUT2D eigenvalue weighted by Crippen LogP contribution is -2.24. The molecule has 0 amide bonds. The van der Waals surface area contributed by atoms with Gasteiger partial charge in [0.15, 0.2) is 0 Å². The van der Waals surface area contributed by atoms with Gasteiger partial charge in [0.1, 0.15) is 0 Å².